The van der Waals surface area contributed by atoms with Crippen molar-refractivity contribution in [2.24, 2.45) is 0 Å². The molecule has 2 atom stereocenters. The quantitative estimate of drug-likeness (QED) is 0.825. The van der Waals surface area contributed by atoms with E-state index < -0.39 is 0 Å². The van der Waals surface area contributed by atoms with Gasteiger partial charge in [0, 0.05) is 13.7 Å². The normalized spacial score (nSPS) is 14.2. The molecule has 0 spiro atoms. The number of ether oxygens (including phenoxy) is 1. The lowest BCUT2D eigenvalue weighted by molar-refractivity contribution is -0.130. The number of nitrogens with one attached hydrogen (secondary N) is 1. The average molecular weight is 221 g/mol. The number of methoxy groups -OCH3 is 1. The van der Waals surface area contributed by atoms with Gasteiger partial charge in [-0.15, -0.1) is 0 Å². The Hall–Kier alpha value is -1.35. The second-order valence-electron chi connectivity index (χ2n) is 3.93. The first-order chi connectivity index (χ1) is 7.65. The van der Waals surface area contributed by atoms with Crippen molar-refractivity contribution in [3.05, 3.63) is 35.9 Å². The summed E-state index contributed by atoms with van der Waals surface area (Å²) in [7, 11) is 1.53. The number of amides is 1. The SMILES string of the molecule is CO[C@@H](C)C(=O)NC[C@@H](C)c1ccccc1. The van der Waals surface area contributed by atoms with Gasteiger partial charge in [-0.3, -0.25) is 4.79 Å². The van der Waals surface area contributed by atoms with Crippen LogP contribution in [0.25, 0.3) is 0 Å². The fourth-order valence-electron chi connectivity index (χ4n) is 1.40. The summed E-state index contributed by atoms with van der Waals surface area (Å²) >= 11 is 0. The Balaban J connectivity index is 2.42. The summed E-state index contributed by atoms with van der Waals surface area (Å²) in [4.78, 5) is 11.5. The van der Waals surface area contributed by atoms with Gasteiger partial charge in [0.1, 0.15) is 6.10 Å². The molecule has 0 aliphatic carbocycles. The zero-order valence-corrected chi connectivity index (χ0v) is 10.1. The number of benzene rings is 1. The molecule has 0 aliphatic heterocycles. The molecule has 0 radical (unpaired) electrons. The van der Waals surface area contributed by atoms with Crippen molar-refractivity contribution in [2.45, 2.75) is 25.9 Å². The summed E-state index contributed by atoms with van der Waals surface area (Å²) in [6.45, 7) is 4.46. The Morgan fingerprint density at radius 1 is 1.31 bits per heavy atom. The van der Waals surface area contributed by atoms with Crippen LogP contribution in [0, 0.1) is 0 Å². The standard InChI is InChI=1S/C13H19NO2/c1-10(12-7-5-4-6-8-12)9-14-13(15)11(2)16-3/h4-8,10-11H,9H2,1-3H3,(H,14,15)/t10-,11+/m1/s1. The molecule has 0 aliphatic rings. The lowest BCUT2D eigenvalue weighted by Crippen LogP contribution is -2.35. The highest BCUT2D eigenvalue weighted by Crippen LogP contribution is 2.12. The summed E-state index contributed by atoms with van der Waals surface area (Å²) < 4.78 is 4.94. The van der Waals surface area contributed by atoms with E-state index in [1.54, 1.807) is 6.92 Å². The topological polar surface area (TPSA) is 38.3 Å². The fourth-order valence-corrected chi connectivity index (χ4v) is 1.40. The van der Waals surface area contributed by atoms with Crippen molar-refractivity contribution in [3.63, 3.8) is 0 Å². The molecule has 16 heavy (non-hydrogen) atoms. The molecule has 1 rings (SSSR count). The third-order valence-electron chi connectivity index (χ3n) is 2.67. The highest BCUT2D eigenvalue weighted by Gasteiger charge is 2.12. The zero-order chi connectivity index (χ0) is 12.0. The van der Waals surface area contributed by atoms with E-state index in [4.69, 9.17) is 4.74 Å². The van der Waals surface area contributed by atoms with Crippen LogP contribution in [0.1, 0.15) is 25.3 Å². The molecular formula is C13H19NO2. The second-order valence-corrected chi connectivity index (χ2v) is 3.93. The van der Waals surface area contributed by atoms with Crippen LogP contribution in [-0.4, -0.2) is 25.7 Å². The molecule has 3 heteroatoms. The van der Waals surface area contributed by atoms with Crippen LogP contribution >= 0.6 is 0 Å². The van der Waals surface area contributed by atoms with Gasteiger partial charge in [-0.25, -0.2) is 0 Å². The zero-order valence-electron chi connectivity index (χ0n) is 10.1. The van der Waals surface area contributed by atoms with Gasteiger partial charge in [0.25, 0.3) is 0 Å². The van der Waals surface area contributed by atoms with Crippen molar-refractivity contribution in [1.82, 2.24) is 5.32 Å². The van der Waals surface area contributed by atoms with E-state index in [0.717, 1.165) is 0 Å². The molecule has 0 heterocycles. The third-order valence-corrected chi connectivity index (χ3v) is 2.67. The van der Waals surface area contributed by atoms with Gasteiger partial charge in [0.05, 0.1) is 0 Å². The molecule has 0 saturated carbocycles. The number of rotatable bonds is 5. The van der Waals surface area contributed by atoms with Crippen LogP contribution in [0.2, 0.25) is 0 Å². The summed E-state index contributed by atoms with van der Waals surface area (Å²) in [6, 6.07) is 10.1. The van der Waals surface area contributed by atoms with E-state index in [2.05, 4.69) is 24.4 Å². The molecule has 1 amide bonds. The first kappa shape index (κ1) is 12.7. The van der Waals surface area contributed by atoms with E-state index in [1.165, 1.54) is 12.7 Å². The lowest BCUT2D eigenvalue weighted by atomic mass is 10.0. The van der Waals surface area contributed by atoms with Crippen molar-refractivity contribution < 1.29 is 9.53 Å². The monoisotopic (exact) mass is 221 g/mol. The summed E-state index contributed by atoms with van der Waals surface area (Å²) in [6.07, 6.45) is -0.386. The van der Waals surface area contributed by atoms with E-state index in [1.807, 2.05) is 18.2 Å². The van der Waals surface area contributed by atoms with Crippen molar-refractivity contribution >= 4 is 5.91 Å². The molecule has 0 fully saturated rings. The molecule has 1 aromatic rings. The predicted octanol–water partition coefficient (Wildman–Crippen LogP) is 1.94. The Morgan fingerprint density at radius 2 is 1.94 bits per heavy atom. The minimum atomic E-state index is -0.386. The van der Waals surface area contributed by atoms with Crippen LogP contribution in [0.3, 0.4) is 0 Å². The second kappa shape index (κ2) is 6.28. The van der Waals surface area contributed by atoms with Gasteiger partial charge in [-0.2, -0.15) is 0 Å². The summed E-state index contributed by atoms with van der Waals surface area (Å²) in [5.41, 5.74) is 1.23. The van der Waals surface area contributed by atoms with E-state index in [-0.39, 0.29) is 12.0 Å². The van der Waals surface area contributed by atoms with Crippen LogP contribution < -0.4 is 5.32 Å². The Bertz CT molecular complexity index is 324. The molecule has 0 bridgehead atoms. The van der Waals surface area contributed by atoms with E-state index in [9.17, 15) is 4.79 Å². The van der Waals surface area contributed by atoms with Crippen molar-refractivity contribution in [2.75, 3.05) is 13.7 Å². The van der Waals surface area contributed by atoms with Gasteiger partial charge in [-0.05, 0) is 18.4 Å². The largest absolute Gasteiger partial charge is 0.372 e. The minimum absolute atomic E-state index is 0.0646. The van der Waals surface area contributed by atoms with Crippen molar-refractivity contribution in [1.29, 1.82) is 0 Å². The maximum atomic E-state index is 11.5. The van der Waals surface area contributed by atoms with Crippen LogP contribution in [0.5, 0.6) is 0 Å². The van der Waals surface area contributed by atoms with Crippen LogP contribution in [0.15, 0.2) is 30.3 Å². The first-order valence-corrected chi connectivity index (χ1v) is 5.50. The van der Waals surface area contributed by atoms with Gasteiger partial charge < -0.3 is 10.1 Å². The molecule has 0 unspecified atom stereocenters. The first-order valence-electron chi connectivity index (χ1n) is 5.50. The van der Waals surface area contributed by atoms with E-state index >= 15 is 0 Å². The smallest absolute Gasteiger partial charge is 0.248 e. The third kappa shape index (κ3) is 3.66. The number of hydrogen-bond donors (Lipinski definition) is 1. The Labute approximate surface area is 96.8 Å². The van der Waals surface area contributed by atoms with Crippen LogP contribution in [-0.2, 0) is 9.53 Å². The molecule has 3 nitrogen and oxygen atoms in total. The molecule has 0 aromatic heterocycles. The highest BCUT2D eigenvalue weighted by atomic mass is 16.5. The van der Waals surface area contributed by atoms with Gasteiger partial charge in [0.15, 0.2) is 0 Å². The number of hydrogen-bond acceptors (Lipinski definition) is 2. The minimum Gasteiger partial charge on any atom is -0.372 e. The number of carbonyl (C=O) groups is 1. The van der Waals surface area contributed by atoms with Crippen LogP contribution in [0.4, 0.5) is 0 Å². The maximum absolute atomic E-state index is 11.5. The average Bonchev–Trinajstić information content (AvgIpc) is 2.35. The van der Waals surface area contributed by atoms with Gasteiger partial charge >= 0.3 is 0 Å². The molecule has 0 saturated heterocycles. The maximum Gasteiger partial charge on any atom is 0.248 e. The van der Waals surface area contributed by atoms with E-state index in [0.29, 0.717) is 12.5 Å². The lowest BCUT2D eigenvalue weighted by Gasteiger charge is -2.15. The summed E-state index contributed by atoms with van der Waals surface area (Å²) in [5.74, 6) is 0.250. The molecular weight excluding hydrogens is 202 g/mol. The highest BCUT2D eigenvalue weighted by molar-refractivity contribution is 5.80. The summed E-state index contributed by atoms with van der Waals surface area (Å²) in [5, 5.41) is 2.87. The Kier molecular flexibility index (Phi) is 4.99. The van der Waals surface area contributed by atoms with Gasteiger partial charge in [-0.1, -0.05) is 37.3 Å². The van der Waals surface area contributed by atoms with Gasteiger partial charge in [0.2, 0.25) is 5.91 Å². The predicted molar refractivity (Wildman–Crippen MR) is 64.3 cm³/mol. The van der Waals surface area contributed by atoms with Crippen molar-refractivity contribution in [3.8, 4) is 0 Å². The number of carbonyl (C=O) groups excluding carboxylic acids is 1. The fraction of sp³-hybridized carbons (Fsp3) is 0.462. The molecule has 88 valence electrons. The Morgan fingerprint density at radius 3 is 2.50 bits per heavy atom. The molecule has 1 N–H and O–H groups in total. The molecule has 1 aromatic carbocycles.